The first-order chi connectivity index (χ1) is 35.9. The monoisotopic (exact) mass is 1060 g/mol. The van der Waals surface area contributed by atoms with Gasteiger partial charge in [0.2, 0.25) is 0 Å². The second-order valence-electron chi connectivity index (χ2n) is 22.7. The number of carbonyl (C=O) groups excluding carboxylic acids is 1. The lowest BCUT2D eigenvalue weighted by molar-refractivity contribution is -0.154. The predicted molar refractivity (Wildman–Crippen MR) is 317 cm³/mol. The molecule has 0 aliphatic carbocycles. The Balaban J connectivity index is 3.67. The normalized spacial score (nSPS) is 13.0. The molecule has 0 fully saturated rings. The van der Waals surface area contributed by atoms with Gasteiger partial charge in [0.15, 0.2) is 0 Å². The van der Waals surface area contributed by atoms with Crippen LogP contribution in [0.4, 0.5) is 0 Å². The maximum Gasteiger partial charge on any atom is 0.472 e. The van der Waals surface area contributed by atoms with Gasteiger partial charge in [-0.2, -0.15) is 0 Å². The molecule has 0 rings (SSSR count). The second-order valence-corrected chi connectivity index (χ2v) is 24.2. The number of esters is 1. The predicted octanol–water partition coefficient (Wildman–Crippen LogP) is 21.5. The number of ether oxygens (including phenoxy) is 2. The molecule has 0 saturated carbocycles. The van der Waals surface area contributed by atoms with Gasteiger partial charge in [0.25, 0.3) is 0 Å². The molecule has 0 aromatic rings. The zero-order valence-electron chi connectivity index (χ0n) is 49.4. The Bertz CT molecular complexity index is 1100. The van der Waals surface area contributed by atoms with E-state index in [2.05, 4.69) is 13.8 Å². The van der Waals surface area contributed by atoms with E-state index in [1.54, 1.807) is 0 Å². The standard InChI is InChI=1S/C64H130NO7P/c1-3-5-7-9-11-13-15-17-19-21-23-24-25-26-27-28-29-30-31-32-33-34-35-36-37-38-39-40-41-43-45-47-49-51-53-55-57-64(66)72-63(62-71-73(67,68)70-60-58-65)61-69-59-56-54-52-50-48-46-44-42-22-20-18-16-14-12-10-8-6-4-2/h63H,3-62,65H2,1-2H3,(H,67,68)/t63-/m1/s1. The van der Waals surface area contributed by atoms with E-state index in [0.717, 1.165) is 32.1 Å². The molecule has 438 valence electrons. The molecule has 73 heavy (non-hydrogen) atoms. The molecule has 1 unspecified atom stereocenters. The lowest BCUT2D eigenvalue weighted by Gasteiger charge is -2.20. The average molecular weight is 1060 g/mol. The Morgan fingerprint density at radius 1 is 0.356 bits per heavy atom. The number of nitrogens with two attached hydrogens (primary N) is 1. The maximum atomic E-state index is 12.7. The summed E-state index contributed by atoms with van der Waals surface area (Å²) in [5.41, 5.74) is 5.41. The van der Waals surface area contributed by atoms with Gasteiger partial charge in [-0.25, -0.2) is 4.57 Å². The highest BCUT2D eigenvalue weighted by atomic mass is 31.2. The van der Waals surface area contributed by atoms with Crippen LogP contribution >= 0.6 is 7.82 Å². The summed E-state index contributed by atoms with van der Waals surface area (Å²) in [6.07, 6.45) is 73.5. The van der Waals surface area contributed by atoms with Gasteiger partial charge in [-0.1, -0.05) is 348 Å². The highest BCUT2D eigenvalue weighted by molar-refractivity contribution is 7.47. The molecule has 0 radical (unpaired) electrons. The molecule has 0 aliphatic heterocycles. The Kier molecular flexibility index (Phi) is 61.9. The third kappa shape index (κ3) is 62.2. The Labute approximate surface area is 456 Å². The summed E-state index contributed by atoms with van der Waals surface area (Å²) in [6.45, 7) is 5.03. The minimum atomic E-state index is -4.28. The van der Waals surface area contributed by atoms with Crippen LogP contribution < -0.4 is 5.73 Å². The largest absolute Gasteiger partial charge is 0.472 e. The quantitative estimate of drug-likeness (QED) is 0.0351. The molecule has 0 saturated heterocycles. The molecule has 0 bridgehead atoms. The van der Waals surface area contributed by atoms with Gasteiger partial charge in [-0.3, -0.25) is 13.8 Å². The summed E-state index contributed by atoms with van der Waals surface area (Å²) in [6, 6.07) is 0. The van der Waals surface area contributed by atoms with Crippen LogP contribution in [-0.2, 0) is 27.9 Å². The lowest BCUT2D eigenvalue weighted by atomic mass is 10.0. The second kappa shape index (κ2) is 62.3. The number of hydrogen-bond acceptors (Lipinski definition) is 7. The van der Waals surface area contributed by atoms with E-state index in [4.69, 9.17) is 24.3 Å². The van der Waals surface area contributed by atoms with Gasteiger partial charge in [-0.15, -0.1) is 0 Å². The number of hydrogen-bond donors (Lipinski definition) is 2. The first-order valence-electron chi connectivity index (χ1n) is 33.0. The highest BCUT2D eigenvalue weighted by Gasteiger charge is 2.25. The first-order valence-corrected chi connectivity index (χ1v) is 34.5. The van der Waals surface area contributed by atoms with Gasteiger partial charge in [0.1, 0.15) is 6.10 Å². The molecule has 0 amide bonds. The van der Waals surface area contributed by atoms with Gasteiger partial charge >= 0.3 is 13.8 Å². The molecule has 2 atom stereocenters. The molecule has 0 aliphatic rings. The van der Waals surface area contributed by atoms with Crippen LogP contribution in [0.25, 0.3) is 0 Å². The summed E-state index contributed by atoms with van der Waals surface area (Å²) in [5, 5.41) is 0. The van der Waals surface area contributed by atoms with Crippen molar-refractivity contribution in [3.8, 4) is 0 Å². The lowest BCUT2D eigenvalue weighted by Crippen LogP contribution is -2.28. The smallest absolute Gasteiger partial charge is 0.457 e. The van der Waals surface area contributed by atoms with Gasteiger partial charge < -0.3 is 20.1 Å². The van der Waals surface area contributed by atoms with Crippen LogP contribution in [0, 0.1) is 0 Å². The van der Waals surface area contributed by atoms with Crippen LogP contribution in [0.3, 0.4) is 0 Å². The minimum absolute atomic E-state index is 0.0894. The van der Waals surface area contributed by atoms with Crippen molar-refractivity contribution in [1.82, 2.24) is 0 Å². The fourth-order valence-electron chi connectivity index (χ4n) is 10.4. The average Bonchev–Trinajstić information content (AvgIpc) is 3.38. The van der Waals surface area contributed by atoms with Crippen molar-refractivity contribution in [3.05, 3.63) is 0 Å². The molecule has 8 nitrogen and oxygen atoms in total. The third-order valence-corrected chi connectivity index (χ3v) is 16.3. The van der Waals surface area contributed by atoms with Crippen molar-refractivity contribution in [2.45, 2.75) is 373 Å². The van der Waals surface area contributed by atoms with Gasteiger partial charge in [0, 0.05) is 19.6 Å². The molecule has 0 spiro atoms. The Hall–Kier alpha value is -0.500. The SMILES string of the molecule is CCCCCCCCCCCCCCCCCCCCCCCCCCCCCCCCCCCCCCC(=O)O[C@H](COCCCCCCCCCCCCCCCCCCCC)COP(=O)(O)OCCN. The fraction of sp³-hybridized carbons (Fsp3) is 0.984. The van der Waals surface area contributed by atoms with Gasteiger partial charge in [-0.05, 0) is 12.8 Å². The molecular formula is C64H130NO7P. The van der Waals surface area contributed by atoms with Crippen molar-refractivity contribution in [1.29, 1.82) is 0 Å². The Morgan fingerprint density at radius 3 is 0.863 bits per heavy atom. The number of carbonyl (C=O) groups is 1. The van der Waals surface area contributed by atoms with Crippen LogP contribution in [0.2, 0.25) is 0 Å². The van der Waals surface area contributed by atoms with Gasteiger partial charge in [0.05, 0.1) is 19.8 Å². The molecule has 0 aromatic heterocycles. The summed E-state index contributed by atoms with van der Waals surface area (Å²) >= 11 is 0. The van der Waals surface area contributed by atoms with E-state index in [-0.39, 0.29) is 32.3 Å². The number of rotatable bonds is 65. The fourth-order valence-corrected chi connectivity index (χ4v) is 11.2. The summed E-state index contributed by atoms with van der Waals surface area (Å²) < 4.78 is 33.8. The van der Waals surface area contributed by atoms with Crippen LogP contribution in [0.15, 0.2) is 0 Å². The number of unbranched alkanes of at least 4 members (excludes halogenated alkanes) is 52. The van der Waals surface area contributed by atoms with Crippen molar-refractivity contribution in [2.75, 3.05) is 33.0 Å². The van der Waals surface area contributed by atoms with E-state index in [1.165, 1.54) is 315 Å². The van der Waals surface area contributed by atoms with E-state index >= 15 is 0 Å². The third-order valence-electron chi connectivity index (χ3n) is 15.3. The van der Waals surface area contributed by atoms with Crippen molar-refractivity contribution < 1.29 is 32.8 Å². The molecule has 0 aromatic carbocycles. The van der Waals surface area contributed by atoms with E-state index < -0.39 is 13.9 Å². The van der Waals surface area contributed by atoms with Crippen molar-refractivity contribution >= 4 is 13.8 Å². The van der Waals surface area contributed by atoms with Crippen LogP contribution in [0.1, 0.15) is 367 Å². The zero-order chi connectivity index (χ0) is 52.9. The van der Waals surface area contributed by atoms with Crippen LogP contribution in [0.5, 0.6) is 0 Å². The summed E-state index contributed by atoms with van der Waals surface area (Å²) in [7, 11) is -4.28. The van der Waals surface area contributed by atoms with Crippen molar-refractivity contribution in [2.24, 2.45) is 5.73 Å². The topological polar surface area (TPSA) is 117 Å². The molecule has 3 N–H and O–H groups in total. The van der Waals surface area contributed by atoms with Crippen LogP contribution in [-0.4, -0.2) is 49.9 Å². The minimum Gasteiger partial charge on any atom is -0.457 e. The molecule has 0 heterocycles. The number of phosphoric acid groups is 1. The summed E-state index contributed by atoms with van der Waals surface area (Å²) in [4.78, 5) is 22.7. The van der Waals surface area contributed by atoms with E-state index in [1.807, 2.05) is 0 Å². The molecule has 9 heteroatoms. The first kappa shape index (κ1) is 72.5. The van der Waals surface area contributed by atoms with Crippen molar-refractivity contribution in [3.63, 3.8) is 0 Å². The zero-order valence-corrected chi connectivity index (χ0v) is 50.3. The van der Waals surface area contributed by atoms with E-state index in [0.29, 0.717) is 13.0 Å². The summed E-state index contributed by atoms with van der Waals surface area (Å²) in [5.74, 6) is -0.317. The number of phosphoric ester groups is 1. The molecular weight excluding hydrogens is 926 g/mol. The maximum absolute atomic E-state index is 12.7. The highest BCUT2D eigenvalue weighted by Crippen LogP contribution is 2.43. The Morgan fingerprint density at radius 2 is 0.603 bits per heavy atom. The van der Waals surface area contributed by atoms with E-state index in [9.17, 15) is 14.3 Å².